The fourth-order valence-electron chi connectivity index (χ4n) is 4.44. The van der Waals surface area contributed by atoms with Gasteiger partial charge in [-0.2, -0.15) is 0 Å². The van der Waals surface area contributed by atoms with Gasteiger partial charge in [0.25, 0.3) is 0 Å². The molecular weight excluding hydrogens is 348 g/mol. The van der Waals surface area contributed by atoms with Crippen LogP contribution in [0.1, 0.15) is 60.8 Å². The van der Waals surface area contributed by atoms with Gasteiger partial charge in [-0.15, -0.1) is 0 Å². The fourth-order valence-corrected chi connectivity index (χ4v) is 4.44. The third-order valence-corrected chi connectivity index (χ3v) is 6.00. The van der Waals surface area contributed by atoms with Crippen LogP contribution in [-0.2, 0) is 19.5 Å². The van der Waals surface area contributed by atoms with Gasteiger partial charge in [-0.05, 0) is 12.8 Å². The summed E-state index contributed by atoms with van der Waals surface area (Å²) in [6.45, 7) is 2.68. The molecule has 0 spiro atoms. The molecule has 1 aliphatic carbocycles. The van der Waals surface area contributed by atoms with Gasteiger partial charge in [0, 0.05) is 61.1 Å². The van der Waals surface area contributed by atoms with Crippen LogP contribution in [-0.4, -0.2) is 26.6 Å². The molecule has 5 heteroatoms. The highest BCUT2D eigenvalue weighted by molar-refractivity contribution is 5.56. The van der Waals surface area contributed by atoms with Crippen LogP contribution in [0.25, 0.3) is 11.3 Å². The molecule has 3 heterocycles. The Balaban J connectivity index is 1.25. The summed E-state index contributed by atoms with van der Waals surface area (Å²) in [5.41, 5.74) is 4.55. The van der Waals surface area contributed by atoms with Crippen LogP contribution >= 0.6 is 0 Å². The largest absolute Gasteiger partial charge is 0.356 e. The molecule has 144 valence electrons. The maximum atomic E-state index is 5.54. The number of rotatable bonds is 4. The quantitative estimate of drug-likeness (QED) is 0.660. The van der Waals surface area contributed by atoms with Crippen LogP contribution in [0.15, 0.2) is 47.1 Å². The number of hydrogen-bond acceptors (Lipinski definition) is 5. The highest BCUT2D eigenvalue weighted by Gasteiger charge is 2.23. The molecule has 1 fully saturated rings. The molecule has 0 atom stereocenters. The number of nitrogens with zero attached hydrogens (tertiary/aromatic N) is 4. The first-order valence-corrected chi connectivity index (χ1v) is 10.4. The van der Waals surface area contributed by atoms with Gasteiger partial charge >= 0.3 is 0 Å². The van der Waals surface area contributed by atoms with E-state index in [1.807, 2.05) is 36.4 Å². The van der Waals surface area contributed by atoms with Gasteiger partial charge in [0.15, 0.2) is 5.76 Å². The number of aromatic nitrogens is 3. The maximum Gasteiger partial charge on any atom is 0.167 e. The third kappa shape index (κ3) is 3.72. The minimum atomic E-state index is 0.573. The maximum absolute atomic E-state index is 5.54. The molecule has 0 N–H and O–H groups in total. The summed E-state index contributed by atoms with van der Waals surface area (Å²) in [6.07, 6.45) is 9.56. The van der Waals surface area contributed by atoms with E-state index in [-0.39, 0.29) is 0 Å². The van der Waals surface area contributed by atoms with Crippen molar-refractivity contribution in [2.24, 2.45) is 0 Å². The van der Waals surface area contributed by atoms with Crippen molar-refractivity contribution in [2.45, 2.75) is 57.5 Å². The third-order valence-electron chi connectivity index (χ3n) is 6.00. The second-order valence-electron chi connectivity index (χ2n) is 8.04. The molecule has 5 nitrogen and oxygen atoms in total. The molecule has 0 amide bonds. The highest BCUT2D eigenvalue weighted by Crippen LogP contribution is 2.31. The molecule has 28 heavy (non-hydrogen) atoms. The van der Waals surface area contributed by atoms with Crippen molar-refractivity contribution in [1.82, 2.24) is 20.0 Å². The van der Waals surface area contributed by atoms with Gasteiger partial charge in [0.2, 0.25) is 0 Å². The van der Waals surface area contributed by atoms with Crippen LogP contribution in [0.2, 0.25) is 0 Å². The first kappa shape index (κ1) is 17.6. The van der Waals surface area contributed by atoms with Crippen LogP contribution in [0.5, 0.6) is 0 Å². The lowest BCUT2D eigenvalue weighted by atomic mass is 9.88. The van der Waals surface area contributed by atoms with Crippen molar-refractivity contribution in [1.29, 1.82) is 0 Å². The van der Waals surface area contributed by atoms with Gasteiger partial charge in [-0.1, -0.05) is 54.8 Å². The molecule has 2 aliphatic rings. The summed E-state index contributed by atoms with van der Waals surface area (Å²) in [7, 11) is 0. The summed E-state index contributed by atoms with van der Waals surface area (Å²) < 4.78 is 5.54. The average Bonchev–Trinajstić information content (AvgIpc) is 3.23. The van der Waals surface area contributed by atoms with Crippen molar-refractivity contribution in [3.8, 4) is 11.3 Å². The number of hydrogen-bond donors (Lipinski definition) is 0. The van der Waals surface area contributed by atoms with E-state index in [1.165, 1.54) is 43.4 Å². The number of benzene rings is 1. The SMILES string of the molecule is c1ccc(-c2cc(CN3CCc4nc(C5CCCCC5)ncc4C3)no2)cc1. The Hall–Kier alpha value is -2.53. The minimum absolute atomic E-state index is 0.573. The lowest BCUT2D eigenvalue weighted by Gasteiger charge is -2.28. The molecule has 0 unspecified atom stereocenters. The van der Waals surface area contributed by atoms with Crippen molar-refractivity contribution < 1.29 is 4.52 Å². The van der Waals surface area contributed by atoms with Crippen LogP contribution in [0, 0.1) is 0 Å². The zero-order valence-electron chi connectivity index (χ0n) is 16.2. The van der Waals surface area contributed by atoms with Gasteiger partial charge < -0.3 is 4.52 Å². The molecule has 5 rings (SSSR count). The smallest absolute Gasteiger partial charge is 0.167 e. The average molecular weight is 374 g/mol. The molecule has 2 aromatic heterocycles. The van der Waals surface area contributed by atoms with E-state index in [0.29, 0.717) is 5.92 Å². The van der Waals surface area contributed by atoms with Gasteiger partial charge in [0.05, 0.1) is 5.69 Å². The van der Waals surface area contributed by atoms with Crippen molar-refractivity contribution in [3.63, 3.8) is 0 Å². The van der Waals surface area contributed by atoms with E-state index in [1.54, 1.807) is 0 Å². The second-order valence-corrected chi connectivity index (χ2v) is 8.04. The van der Waals surface area contributed by atoms with E-state index >= 15 is 0 Å². The summed E-state index contributed by atoms with van der Waals surface area (Å²) in [5.74, 6) is 2.48. The predicted octanol–water partition coefficient (Wildman–Crippen LogP) is 4.74. The van der Waals surface area contributed by atoms with E-state index < -0.39 is 0 Å². The van der Waals surface area contributed by atoms with E-state index in [2.05, 4.69) is 16.3 Å². The monoisotopic (exact) mass is 374 g/mol. The van der Waals surface area contributed by atoms with Gasteiger partial charge in [-0.25, -0.2) is 9.97 Å². The fraction of sp³-hybridized carbons (Fsp3) is 0.435. The minimum Gasteiger partial charge on any atom is -0.356 e. The van der Waals surface area contributed by atoms with Crippen LogP contribution in [0.3, 0.4) is 0 Å². The summed E-state index contributed by atoms with van der Waals surface area (Å²) in [4.78, 5) is 12.1. The Kier molecular flexibility index (Phi) is 4.92. The Morgan fingerprint density at radius 1 is 1.07 bits per heavy atom. The van der Waals surface area contributed by atoms with Crippen LogP contribution < -0.4 is 0 Å². The lowest BCUT2D eigenvalue weighted by Crippen LogP contribution is -2.31. The molecule has 3 aromatic rings. The molecule has 0 radical (unpaired) electrons. The highest BCUT2D eigenvalue weighted by atomic mass is 16.5. The Labute approximate surface area is 165 Å². The molecule has 1 saturated carbocycles. The number of fused-ring (bicyclic) bond motifs is 1. The zero-order chi connectivity index (χ0) is 18.8. The Bertz CT molecular complexity index is 931. The van der Waals surface area contributed by atoms with E-state index in [4.69, 9.17) is 14.5 Å². The Morgan fingerprint density at radius 3 is 2.79 bits per heavy atom. The van der Waals surface area contributed by atoms with Crippen molar-refractivity contribution in [2.75, 3.05) is 6.54 Å². The van der Waals surface area contributed by atoms with E-state index in [0.717, 1.165) is 48.9 Å². The predicted molar refractivity (Wildman–Crippen MR) is 108 cm³/mol. The van der Waals surface area contributed by atoms with Gasteiger partial charge in [-0.3, -0.25) is 4.90 Å². The van der Waals surface area contributed by atoms with Crippen molar-refractivity contribution in [3.05, 3.63) is 65.4 Å². The van der Waals surface area contributed by atoms with Crippen molar-refractivity contribution >= 4 is 0 Å². The Morgan fingerprint density at radius 2 is 1.93 bits per heavy atom. The van der Waals surface area contributed by atoms with E-state index in [9.17, 15) is 0 Å². The molecule has 1 aliphatic heterocycles. The molecule has 1 aromatic carbocycles. The topological polar surface area (TPSA) is 55.1 Å². The molecule has 0 bridgehead atoms. The zero-order valence-corrected chi connectivity index (χ0v) is 16.2. The van der Waals surface area contributed by atoms with Crippen LogP contribution in [0.4, 0.5) is 0 Å². The standard InChI is InChI=1S/C23H26N4O/c1-3-7-17(8-4-1)22-13-20(26-28-22)16-27-12-11-21-19(15-27)14-24-23(25-21)18-9-5-2-6-10-18/h1,3-4,7-8,13-14,18H,2,5-6,9-12,15-16H2. The lowest BCUT2D eigenvalue weighted by molar-refractivity contribution is 0.234. The normalized spacial score (nSPS) is 18.1. The first-order valence-electron chi connectivity index (χ1n) is 10.4. The first-order chi connectivity index (χ1) is 13.8. The summed E-state index contributed by atoms with van der Waals surface area (Å²) in [6, 6.07) is 12.2. The summed E-state index contributed by atoms with van der Waals surface area (Å²) >= 11 is 0. The van der Waals surface area contributed by atoms with Gasteiger partial charge in [0.1, 0.15) is 5.82 Å². The second kappa shape index (κ2) is 7.84. The molecular formula is C23H26N4O. The summed E-state index contributed by atoms with van der Waals surface area (Å²) in [5, 5.41) is 4.27. The molecule has 0 saturated heterocycles.